The van der Waals surface area contributed by atoms with Crippen LogP contribution in [0.1, 0.15) is 21.6 Å². The Balaban J connectivity index is 2.27. The van der Waals surface area contributed by atoms with Crippen molar-refractivity contribution < 1.29 is 23.1 Å². The first kappa shape index (κ1) is 13.1. The second kappa shape index (κ2) is 4.71. The van der Waals surface area contributed by atoms with Gasteiger partial charge in [-0.15, -0.1) is 0 Å². The van der Waals surface area contributed by atoms with E-state index in [1.807, 2.05) is 0 Å². The van der Waals surface area contributed by atoms with Crippen molar-refractivity contribution in [1.82, 2.24) is 14.8 Å². The number of nitrogens with zero attached hydrogens (tertiary/aromatic N) is 3. The highest BCUT2D eigenvalue weighted by molar-refractivity contribution is 5.86. The molecule has 0 radical (unpaired) electrons. The van der Waals surface area contributed by atoms with Gasteiger partial charge in [-0.2, -0.15) is 18.3 Å². The largest absolute Gasteiger partial charge is 0.477 e. The lowest BCUT2D eigenvalue weighted by atomic mass is 10.2. The molecule has 2 aromatic heterocycles. The third-order valence-electron chi connectivity index (χ3n) is 2.39. The van der Waals surface area contributed by atoms with Crippen molar-refractivity contribution in [3.05, 3.63) is 47.5 Å². The number of rotatable bonds is 3. The van der Waals surface area contributed by atoms with Crippen molar-refractivity contribution in [2.45, 2.75) is 12.7 Å². The van der Waals surface area contributed by atoms with Crippen LogP contribution in [-0.4, -0.2) is 25.8 Å². The smallest absolute Gasteiger partial charge is 0.419 e. The van der Waals surface area contributed by atoms with E-state index in [-0.39, 0.29) is 17.8 Å². The Bertz CT molecular complexity index is 607. The monoisotopic (exact) mass is 271 g/mol. The summed E-state index contributed by atoms with van der Waals surface area (Å²) >= 11 is 0. The molecule has 0 aromatic carbocycles. The molecule has 2 aromatic rings. The molecule has 0 bridgehead atoms. The van der Waals surface area contributed by atoms with E-state index in [1.165, 1.54) is 18.3 Å². The molecule has 0 aliphatic carbocycles. The minimum Gasteiger partial charge on any atom is -0.477 e. The molecular formula is C11H8F3N3O2. The van der Waals surface area contributed by atoms with Crippen LogP contribution in [-0.2, 0) is 12.7 Å². The first-order valence-electron chi connectivity index (χ1n) is 5.15. The number of aromatic nitrogens is 3. The Morgan fingerprint density at radius 1 is 1.42 bits per heavy atom. The molecular weight excluding hydrogens is 263 g/mol. The van der Waals surface area contributed by atoms with E-state index in [4.69, 9.17) is 5.11 Å². The molecule has 8 heteroatoms. The fourth-order valence-corrected chi connectivity index (χ4v) is 1.53. The van der Waals surface area contributed by atoms with Crippen LogP contribution in [0.15, 0.2) is 30.7 Å². The second-order valence-corrected chi connectivity index (χ2v) is 3.74. The van der Waals surface area contributed by atoms with E-state index in [0.717, 1.165) is 10.9 Å². The number of aromatic carboxylic acids is 1. The minimum absolute atomic E-state index is 0.0917. The predicted octanol–water partition coefficient (Wildman–Crippen LogP) is 2.04. The molecule has 0 spiro atoms. The molecule has 0 aliphatic rings. The lowest BCUT2D eigenvalue weighted by molar-refractivity contribution is -0.137. The van der Waals surface area contributed by atoms with Gasteiger partial charge in [-0.1, -0.05) is 6.07 Å². The fourth-order valence-electron chi connectivity index (χ4n) is 1.53. The second-order valence-electron chi connectivity index (χ2n) is 3.74. The van der Waals surface area contributed by atoms with Gasteiger partial charge < -0.3 is 5.11 Å². The van der Waals surface area contributed by atoms with E-state index < -0.39 is 17.7 Å². The van der Waals surface area contributed by atoms with Crippen LogP contribution >= 0.6 is 0 Å². The molecule has 0 atom stereocenters. The quantitative estimate of drug-likeness (QED) is 0.927. The fraction of sp³-hybridized carbons (Fsp3) is 0.182. The molecule has 0 amide bonds. The third kappa shape index (κ3) is 2.90. The van der Waals surface area contributed by atoms with Crippen molar-refractivity contribution in [3.8, 4) is 0 Å². The lowest BCUT2D eigenvalue weighted by Crippen LogP contribution is -2.09. The summed E-state index contributed by atoms with van der Waals surface area (Å²) in [5.41, 5.74) is -0.799. The Morgan fingerprint density at radius 3 is 2.74 bits per heavy atom. The van der Waals surface area contributed by atoms with Crippen LogP contribution in [0, 0.1) is 0 Å². The average Bonchev–Trinajstić information content (AvgIpc) is 2.77. The Morgan fingerprint density at radius 2 is 2.16 bits per heavy atom. The average molecular weight is 271 g/mol. The molecule has 0 aliphatic heterocycles. The van der Waals surface area contributed by atoms with Gasteiger partial charge in [-0.3, -0.25) is 4.68 Å². The van der Waals surface area contributed by atoms with Crippen LogP contribution in [0.5, 0.6) is 0 Å². The third-order valence-corrected chi connectivity index (χ3v) is 2.39. The van der Waals surface area contributed by atoms with Gasteiger partial charge in [0.2, 0.25) is 0 Å². The number of alkyl halides is 3. The summed E-state index contributed by atoms with van der Waals surface area (Å²) in [5, 5.41) is 12.5. The number of hydrogen-bond acceptors (Lipinski definition) is 3. The van der Waals surface area contributed by atoms with Crippen molar-refractivity contribution in [2.75, 3.05) is 0 Å². The molecule has 0 unspecified atom stereocenters. The molecule has 2 rings (SSSR count). The number of carboxylic acid groups (broad SMARTS) is 1. The number of carbonyl (C=O) groups is 1. The van der Waals surface area contributed by atoms with Crippen molar-refractivity contribution in [2.24, 2.45) is 0 Å². The zero-order valence-corrected chi connectivity index (χ0v) is 9.42. The Labute approximate surface area is 105 Å². The molecule has 2 heterocycles. The summed E-state index contributed by atoms with van der Waals surface area (Å²) in [4.78, 5) is 14.6. The SMILES string of the molecule is O=C(O)c1ncccc1Cn1cc(C(F)(F)F)cn1. The molecule has 19 heavy (non-hydrogen) atoms. The van der Waals surface area contributed by atoms with Crippen LogP contribution in [0.25, 0.3) is 0 Å². The highest BCUT2D eigenvalue weighted by atomic mass is 19.4. The molecule has 0 saturated carbocycles. The van der Waals surface area contributed by atoms with E-state index in [1.54, 1.807) is 0 Å². The Hall–Kier alpha value is -2.38. The number of halogens is 3. The number of hydrogen-bond donors (Lipinski definition) is 1. The summed E-state index contributed by atoms with van der Waals surface area (Å²) in [6.07, 6.45) is -1.66. The van der Waals surface area contributed by atoms with Crippen LogP contribution in [0.4, 0.5) is 13.2 Å². The zero-order chi connectivity index (χ0) is 14.0. The summed E-state index contributed by atoms with van der Waals surface area (Å²) in [7, 11) is 0. The first-order chi connectivity index (χ1) is 8.88. The maximum Gasteiger partial charge on any atom is 0.419 e. The summed E-state index contributed by atoms with van der Waals surface area (Å²) in [5.74, 6) is -1.24. The van der Waals surface area contributed by atoms with Gasteiger partial charge in [-0.25, -0.2) is 9.78 Å². The van der Waals surface area contributed by atoms with Crippen LogP contribution < -0.4 is 0 Å². The van der Waals surface area contributed by atoms with Crippen LogP contribution in [0.3, 0.4) is 0 Å². The van der Waals surface area contributed by atoms with Gasteiger partial charge >= 0.3 is 12.1 Å². The highest BCUT2D eigenvalue weighted by Gasteiger charge is 2.32. The normalized spacial score (nSPS) is 11.5. The van der Waals surface area contributed by atoms with Gasteiger partial charge in [0, 0.05) is 18.0 Å². The number of carboxylic acids is 1. The maximum absolute atomic E-state index is 12.4. The zero-order valence-electron chi connectivity index (χ0n) is 9.42. The highest BCUT2D eigenvalue weighted by Crippen LogP contribution is 2.28. The summed E-state index contributed by atoms with van der Waals surface area (Å²) in [6.45, 7) is -0.0917. The standard InChI is InChI=1S/C11H8F3N3O2/c12-11(13,14)8-4-16-17(6-8)5-7-2-1-3-15-9(7)10(18)19/h1-4,6H,5H2,(H,18,19). The van der Waals surface area contributed by atoms with Gasteiger partial charge in [-0.05, 0) is 6.07 Å². The predicted molar refractivity (Wildman–Crippen MR) is 57.5 cm³/mol. The lowest BCUT2D eigenvalue weighted by Gasteiger charge is -2.05. The van der Waals surface area contributed by atoms with Gasteiger partial charge in [0.15, 0.2) is 5.69 Å². The van der Waals surface area contributed by atoms with Gasteiger partial charge in [0.05, 0.1) is 18.3 Å². The van der Waals surface area contributed by atoms with E-state index >= 15 is 0 Å². The molecule has 100 valence electrons. The Kier molecular flexibility index (Phi) is 3.24. The van der Waals surface area contributed by atoms with Crippen molar-refractivity contribution in [1.29, 1.82) is 0 Å². The molecule has 0 fully saturated rings. The minimum atomic E-state index is -4.47. The molecule has 0 saturated heterocycles. The maximum atomic E-state index is 12.4. The molecule has 1 N–H and O–H groups in total. The van der Waals surface area contributed by atoms with E-state index in [0.29, 0.717) is 6.20 Å². The van der Waals surface area contributed by atoms with E-state index in [9.17, 15) is 18.0 Å². The van der Waals surface area contributed by atoms with Crippen molar-refractivity contribution >= 4 is 5.97 Å². The van der Waals surface area contributed by atoms with E-state index in [2.05, 4.69) is 10.1 Å². The summed E-state index contributed by atoms with van der Waals surface area (Å²) < 4.78 is 38.2. The topological polar surface area (TPSA) is 68.0 Å². The van der Waals surface area contributed by atoms with Crippen molar-refractivity contribution in [3.63, 3.8) is 0 Å². The molecule has 5 nitrogen and oxygen atoms in total. The van der Waals surface area contributed by atoms with Gasteiger partial charge in [0.25, 0.3) is 0 Å². The summed E-state index contributed by atoms with van der Waals surface area (Å²) in [6, 6.07) is 2.99. The first-order valence-corrected chi connectivity index (χ1v) is 5.15. The van der Waals surface area contributed by atoms with Crippen LogP contribution in [0.2, 0.25) is 0 Å². The van der Waals surface area contributed by atoms with Gasteiger partial charge in [0.1, 0.15) is 0 Å². The number of pyridine rings is 1.